The molecule has 1 aliphatic heterocycles. The summed E-state index contributed by atoms with van der Waals surface area (Å²) in [4.78, 5) is 16.6. The van der Waals surface area contributed by atoms with Gasteiger partial charge in [-0.2, -0.15) is 5.10 Å². The van der Waals surface area contributed by atoms with Crippen molar-refractivity contribution in [2.75, 3.05) is 36.8 Å². The predicted octanol–water partition coefficient (Wildman–Crippen LogP) is 1.87. The summed E-state index contributed by atoms with van der Waals surface area (Å²) in [5.74, 6) is 1.14. The monoisotopic (exact) mass is 400 g/mol. The number of benzene rings is 1. The van der Waals surface area contributed by atoms with Gasteiger partial charge in [-0.15, -0.1) is 5.10 Å². The zero-order chi connectivity index (χ0) is 19.6. The number of piperazine rings is 1. The van der Waals surface area contributed by atoms with Crippen LogP contribution in [0.15, 0.2) is 47.4 Å². The highest BCUT2D eigenvalue weighted by Crippen LogP contribution is 2.38. The summed E-state index contributed by atoms with van der Waals surface area (Å²) in [5, 5.41) is 8.65. The van der Waals surface area contributed by atoms with Crippen LogP contribution in [0, 0.1) is 0 Å². The van der Waals surface area contributed by atoms with Crippen LogP contribution < -0.4 is 4.90 Å². The topological polar surface area (TPSA) is 83.5 Å². The summed E-state index contributed by atoms with van der Waals surface area (Å²) in [6.45, 7) is 2.48. The molecule has 2 aliphatic rings. The third-order valence-electron chi connectivity index (χ3n) is 5.31. The van der Waals surface area contributed by atoms with E-state index in [1.54, 1.807) is 35.2 Å². The van der Waals surface area contributed by atoms with Crippen LogP contribution in [0.2, 0.25) is 0 Å². The summed E-state index contributed by atoms with van der Waals surface area (Å²) < 4.78 is 24.7. The van der Waals surface area contributed by atoms with Gasteiger partial charge < -0.3 is 9.80 Å². The highest BCUT2D eigenvalue weighted by Gasteiger charge is 2.27. The molecule has 0 atom stereocenters. The molecule has 0 spiro atoms. The van der Waals surface area contributed by atoms with Crippen LogP contribution in [0.25, 0.3) is 0 Å². The maximum absolute atomic E-state index is 12.5. The zero-order valence-corrected chi connectivity index (χ0v) is 16.5. The lowest BCUT2D eigenvalue weighted by molar-refractivity contribution is -0.131. The van der Waals surface area contributed by atoms with E-state index in [1.165, 1.54) is 12.8 Å². The van der Waals surface area contributed by atoms with Crippen molar-refractivity contribution in [1.29, 1.82) is 0 Å². The average Bonchev–Trinajstić information content (AvgIpc) is 3.58. The van der Waals surface area contributed by atoms with Gasteiger partial charge in [-0.1, -0.05) is 18.2 Å². The van der Waals surface area contributed by atoms with E-state index in [0.717, 1.165) is 11.5 Å². The number of amides is 1. The Morgan fingerprint density at radius 1 is 0.964 bits per heavy atom. The molecule has 148 valence electrons. The molecule has 0 unspecified atom stereocenters. The van der Waals surface area contributed by atoms with Gasteiger partial charge in [0.05, 0.1) is 16.3 Å². The molecule has 28 heavy (non-hydrogen) atoms. The summed E-state index contributed by atoms with van der Waals surface area (Å²) in [6.07, 6.45) is 2.41. The highest BCUT2D eigenvalue weighted by atomic mass is 32.2. The van der Waals surface area contributed by atoms with Crippen LogP contribution >= 0.6 is 0 Å². The molecule has 2 fully saturated rings. The molecule has 0 radical (unpaired) electrons. The molecule has 1 amide bonds. The van der Waals surface area contributed by atoms with Crippen molar-refractivity contribution in [2.45, 2.75) is 30.1 Å². The standard InChI is InChI=1S/C20H24N4O3S/c25-20(10-15-28(26,27)17-4-2-1-3-5-17)24-13-11-23(12-14-24)19-9-8-18(21-22-19)16-6-7-16/h1-5,8-9,16H,6-7,10-15H2. The molecule has 8 heteroatoms. The average molecular weight is 401 g/mol. The summed E-state index contributed by atoms with van der Waals surface area (Å²) in [5.41, 5.74) is 1.07. The molecule has 2 aromatic rings. The Labute approximate surface area is 165 Å². The minimum Gasteiger partial charge on any atom is -0.352 e. The zero-order valence-electron chi connectivity index (χ0n) is 15.7. The van der Waals surface area contributed by atoms with Gasteiger partial charge >= 0.3 is 0 Å². The molecule has 7 nitrogen and oxygen atoms in total. The van der Waals surface area contributed by atoms with Gasteiger partial charge in [0.15, 0.2) is 15.7 Å². The first kappa shape index (κ1) is 18.9. The predicted molar refractivity (Wildman–Crippen MR) is 106 cm³/mol. The highest BCUT2D eigenvalue weighted by molar-refractivity contribution is 7.91. The minimum absolute atomic E-state index is 0.00706. The molecule has 1 aliphatic carbocycles. The number of aromatic nitrogens is 2. The van der Waals surface area contributed by atoms with E-state index in [0.29, 0.717) is 32.1 Å². The Balaban J connectivity index is 1.28. The summed E-state index contributed by atoms with van der Waals surface area (Å²) in [6, 6.07) is 12.3. The van der Waals surface area contributed by atoms with Crippen molar-refractivity contribution in [3.05, 3.63) is 48.2 Å². The molecule has 2 heterocycles. The molecule has 0 N–H and O–H groups in total. The number of rotatable bonds is 6. The number of carbonyl (C=O) groups excluding carboxylic acids is 1. The second kappa shape index (κ2) is 7.87. The van der Waals surface area contributed by atoms with Crippen molar-refractivity contribution in [1.82, 2.24) is 15.1 Å². The van der Waals surface area contributed by atoms with E-state index in [1.807, 2.05) is 12.1 Å². The van der Waals surface area contributed by atoms with Gasteiger partial charge in [0.25, 0.3) is 0 Å². The fourth-order valence-electron chi connectivity index (χ4n) is 3.41. The van der Waals surface area contributed by atoms with E-state index in [9.17, 15) is 13.2 Å². The van der Waals surface area contributed by atoms with Crippen LogP contribution in [0.3, 0.4) is 0 Å². The van der Waals surface area contributed by atoms with Crippen molar-refractivity contribution < 1.29 is 13.2 Å². The van der Waals surface area contributed by atoms with Gasteiger partial charge in [0.1, 0.15) is 0 Å². The summed E-state index contributed by atoms with van der Waals surface area (Å²) in [7, 11) is -3.43. The van der Waals surface area contributed by atoms with E-state index < -0.39 is 9.84 Å². The van der Waals surface area contributed by atoms with Gasteiger partial charge in [-0.25, -0.2) is 8.42 Å². The minimum atomic E-state index is -3.43. The number of carbonyl (C=O) groups is 1. The Morgan fingerprint density at radius 3 is 2.29 bits per heavy atom. The van der Waals surface area contributed by atoms with Crippen molar-refractivity contribution >= 4 is 21.6 Å². The molecule has 4 rings (SSSR count). The van der Waals surface area contributed by atoms with Crippen molar-refractivity contribution in [3.63, 3.8) is 0 Å². The van der Waals surface area contributed by atoms with Crippen LogP contribution in [0.5, 0.6) is 0 Å². The Kier molecular flexibility index (Phi) is 5.30. The third-order valence-corrected chi connectivity index (χ3v) is 7.04. The van der Waals surface area contributed by atoms with Gasteiger partial charge in [0.2, 0.25) is 5.91 Å². The lowest BCUT2D eigenvalue weighted by Crippen LogP contribution is -2.49. The fourth-order valence-corrected chi connectivity index (χ4v) is 4.66. The molecule has 1 saturated carbocycles. The Hall–Kier alpha value is -2.48. The fraction of sp³-hybridized carbons (Fsp3) is 0.450. The van der Waals surface area contributed by atoms with Crippen LogP contribution in [0.1, 0.15) is 30.9 Å². The van der Waals surface area contributed by atoms with E-state index in [-0.39, 0.29) is 23.0 Å². The van der Waals surface area contributed by atoms with Crippen LogP contribution in [-0.2, 0) is 14.6 Å². The first-order valence-electron chi connectivity index (χ1n) is 9.67. The van der Waals surface area contributed by atoms with Crippen molar-refractivity contribution in [3.8, 4) is 0 Å². The molecular weight excluding hydrogens is 376 g/mol. The smallest absolute Gasteiger partial charge is 0.223 e. The lowest BCUT2D eigenvalue weighted by Gasteiger charge is -2.35. The second-order valence-electron chi connectivity index (χ2n) is 7.34. The molecule has 1 saturated heterocycles. The first-order valence-corrected chi connectivity index (χ1v) is 11.3. The second-order valence-corrected chi connectivity index (χ2v) is 9.45. The molecule has 0 bridgehead atoms. The number of anilines is 1. The third kappa shape index (κ3) is 4.32. The van der Waals surface area contributed by atoms with E-state index in [2.05, 4.69) is 15.1 Å². The number of nitrogens with zero attached hydrogens (tertiary/aromatic N) is 4. The maximum Gasteiger partial charge on any atom is 0.223 e. The van der Waals surface area contributed by atoms with Gasteiger partial charge in [0, 0.05) is 38.5 Å². The quantitative estimate of drug-likeness (QED) is 0.736. The maximum atomic E-state index is 12.5. The van der Waals surface area contributed by atoms with Crippen molar-refractivity contribution in [2.24, 2.45) is 0 Å². The van der Waals surface area contributed by atoms with E-state index in [4.69, 9.17) is 0 Å². The number of hydrogen-bond acceptors (Lipinski definition) is 6. The lowest BCUT2D eigenvalue weighted by atomic mass is 10.2. The van der Waals surface area contributed by atoms with E-state index >= 15 is 0 Å². The Bertz CT molecular complexity index is 920. The normalized spacial score (nSPS) is 17.6. The molecule has 1 aromatic heterocycles. The van der Waals surface area contributed by atoms with Crippen LogP contribution in [0.4, 0.5) is 5.82 Å². The largest absolute Gasteiger partial charge is 0.352 e. The van der Waals surface area contributed by atoms with Gasteiger partial charge in [-0.3, -0.25) is 4.79 Å². The van der Waals surface area contributed by atoms with Gasteiger partial charge in [-0.05, 0) is 37.1 Å². The number of sulfone groups is 1. The molecule has 1 aromatic carbocycles. The van der Waals surface area contributed by atoms with Crippen LogP contribution in [-0.4, -0.2) is 61.4 Å². The Morgan fingerprint density at radius 2 is 1.68 bits per heavy atom. The SMILES string of the molecule is O=C(CCS(=O)(=O)c1ccccc1)N1CCN(c2ccc(C3CC3)nn2)CC1. The number of hydrogen-bond donors (Lipinski definition) is 0. The first-order chi connectivity index (χ1) is 13.5. The molecular formula is C20H24N4O3S. The summed E-state index contributed by atoms with van der Waals surface area (Å²) >= 11 is 0.